The molecule has 114 valence electrons. The maximum absolute atomic E-state index is 12.2. The van der Waals surface area contributed by atoms with Gasteiger partial charge in [0.05, 0.1) is 16.6 Å². The van der Waals surface area contributed by atoms with Gasteiger partial charge < -0.3 is 4.55 Å². The molecule has 0 fully saturated rings. The molecular formula is C15H19ClN2OS2. The molecular weight excluding hydrogens is 324 g/mol. The van der Waals surface area contributed by atoms with E-state index in [1.807, 2.05) is 57.3 Å². The zero-order chi connectivity index (χ0) is 15.6. The lowest BCUT2D eigenvalue weighted by molar-refractivity contribution is 0.531. The van der Waals surface area contributed by atoms with Crippen molar-refractivity contribution in [3.8, 4) is 10.6 Å². The van der Waals surface area contributed by atoms with Crippen LogP contribution >= 0.6 is 22.9 Å². The molecule has 0 aliphatic heterocycles. The molecule has 3 nitrogen and oxygen atoms in total. The average molecular weight is 343 g/mol. The van der Waals surface area contributed by atoms with Crippen molar-refractivity contribution in [1.82, 2.24) is 9.71 Å². The second kappa shape index (κ2) is 6.67. The predicted molar refractivity (Wildman–Crippen MR) is 92.0 cm³/mol. The number of nitrogens with one attached hydrogen (secondary N) is 1. The SMILES string of the molecule is CC(N[S+]([O-])C(C)(C)C)c1cc(Cl)nc(-c2cccs2)c1. The van der Waals surface area contributed by atoms with Crippen molar-refractivity contribution >= 4 is 34.3 Å². The number of hydrogen-bond donors (Lipinski definition) is 1. The molecule has 2 atom stereocenters. The molecule has 0 bridgehead atoms. The first kappa shape index (κ1) is 16.8. The summed E-state index contributed by atoms with van der Waals surface area (Å²) in [4.78, 5) is 5.43. The lowest BCUT2D eigenvalue weighted by atomic mass is 10.1. The van der Waals surface area contributed by atoms with Gasteiger partial charge >= 0.3 is 0 Å². The Bertz CT molecular complexity index is 596. The van der Waals surface area contributed by atoms with Crippen LogP contribution in [0.1, 0.15) is 39.3 Å². The highest BCUT2D eigenvalue weighted by Crippen LogP contribution is 2.28. The van der Waals surface area contributed by atoms with Crippen molar-refractivity contribution in [2.24, 2.45) is 0 Å². The molecule has 0 radical (unpaired) electrons. The van der Waals surface area contributed by atoms with E-state index in [0.717, 1.165) is 16.1 Å². The second-order valence-electron chi connectivity index (χ2n) is 5.81. The molecule has 0 aliphatic rings. The summed E-state index contributed by atoms with van der Waals surface area (Å²) in [6.45, 7) is 7.81. The fourth-order valence-electron chi connectivity index (χ4n) is 1.72. The molecule has 0 saturated heterocycles. The van der Waals surface area contributed by atoms with Crippen LogP contribution in [0, 0.1) is 0 Å². The van der Waals surface area contributed by atoms with E-state index in [1.54, 1.807) is 11.3 Å². The van der Waals surface area contributed by atoms with Crippen molar-refractivity contribution < 1.29 is 4.55 Å². The molecule has 2 aromatic rings. The van der Waals surface area contributed by atoms with Gasteiger partial charge in [0.2, 0.25) is 0 Å². The summed E-state index contributed by atoms with van der Waals surface area (Å²) in [6.07, 6.45) is 0. The Hall–Kier alpha value is -0.590. The molecule has 0 aromatic carbocycles. The van der Waals surface area contributed by atoms with E-state index in [1.165, 1.54) is 0 Å². The molecule has 0 amide bonds. The Balaban J connectivity index is 2.24. The van der Waals surface area contributed by atoms with E-state index in [2.05, 4.69) is 9.71 Å². The number of hydrogen-bond acceptors (Lipinski definition) is 4. The van der Waals surface area contributed by atoms with Crippen LogP contribution in [0.4, 0.5) is 0 Å². The fourth-order valence-corrected chi connectivity index (χ4v) is 3.44. The zero-order valence-corrected chi connectivity index (χ0v) is 14.9. The van der Waals surface area contributed by atoms with Crippen LogP contribution in [0.3, 0.4) is 0 Å². The van der Waals surface area contributed by atoms with Crippen LogP contribution in [0.2, 0.25) is 5.15 Å². The summed E-state index contributed by atoms with van der Waals surface area (Å²) >= 11 is 6.62. The van der Waals surface area contributed by atoms with E-state index < -0.39 is 11.4 Å². The van der Waals surface area contributed by atoms with Gasteiger partial charge in [0.1, 0.15) is 9.90 Å². The summed E-state index contributed by atoms with van der Waals surface area (Å²) in [6, 6.07) is 7.74. The van der Waals surface area contributed by atoms with Gasteiger partial charge in [-0.05, 0) is 56.8 Å². The normalized spacial score (nSPS) is 15.0. The minimum Gasteiger partial charge on any atom is -0.598 e. The molecule has 6 heteroatoms. The summed E-state index contributed by atoms with van der Waals surface area (Å²) in [5.74, 6) is 0. The predicted octanol–water partition coefficient (Wildman–Crippen LogP) is 4.58. The number of thiophene rings is 1. The quantitative estimate of drug-likeness (QED) is 0.653. The standard InChI is InChI=1S/C15H19ClN2OS2/c1-10(18-21(19)15(2,3)4)11-8-12(17-14(16)9-11)13-6-5-7-20-13/h5-10,18H,1-4H3. The Labute approximate surface area is 138 Å². The first-order chi connectivity index (χ1) is 9.77. The van der Waals surface area contributed by atoms with Crippen molar-refractivity contribution in [2.75, 3.05) is 0 Å². The van der Waals surface area contributed by atoms with Crippen LogP contribution in [0.15, 0.2) is 29.6 Å². The van der Waals surface area contributed by atoms with Gasteiger partial charge in [0.15, 0.2) is 0 Å². The van der Waals surface area contributed by atoms with Crippen molar-refractivity contribution in [1.29, 1.82) is 0 Å². The minimum absolute atomic E-state index is 0.0655. The fraction of sp³-hybridized carbons (Fsp3) is 0.400. The number of aromatic nitrogens is 1. The van der Waals surface area contributed by atoms with Gasteiger partial charge in [-0.1, -0.05) is 17.7 Å². The van der Waals surface area contributed by atoms with Crippen LogP contribution in [0.25, 0.3) is 10.6 Å². The van der Waals surface area contributed by atoms with Crippen LogP contribution < -0.4 is 4.72 Å². The van der Waals surface area contributed by atoms with E-state index in [-0.39, 0.29) is 10.8 Å². The monoisotopic (exact) mass is 342 g/mol. The second-order valence-corrected chi connectivity index (χ2v) is 9.14. The molecule has 0 saturated carbocycles. The third-order valence-electron chi connectivity index (χ3n) is 2.93. The molecule has 0 aliphatic carbocycles. The molecule has 2 heterocycles. The molecule has 21 heavy (non-hydrogen) atoms. The number of rotatable bonds is 4. The molecule has 2 rings (SSSR count). The van der Waals surface area contributed by atoms with Crippen molar-refractivity contribution in [2.45, 2.75) is 38.5 Å². The summed E-state index contributed by atoms with van der Waals surface area (Å²) in [5, 5.41) is 2.46. The lowest BCUT2D eigenvalue weighted by Crippen LogP contribution is -2.40. The van der Waals surface area contributed by atoms with Gasteiger partial charge in [-0.25, -0.2) is 4.98 Å². The zero-order valence-electron chi connectivity index (χ0n) is 12.5. The van der Waals surface area contributed by atoms with Gasteiger partial charge in [-0.2, -0.15) is 0 Å². The first-order valence-electron chi connectivity index (χ1n) is 6.67. The van der Waals surface area contributed by atoms with Crippen LogP contribution in [0.5, 0.6) is 0 Å². The molecule has 1 N–H and O–H groups in total. The van der Waals surface area contributed by atoms with E-state index in [4.69, 9.17) is 11.6 Å². The summed E-state index contributed by atoms with van der Waals surface area (Å²) in [5.41, 5.74) is 1.83. The highest BCUT2D eigenvalue weighted by Gasteiger charge is 2.28. The smallest absolute Gasteiger partial charge is 0.136 e. The van der Waals surface area contributed by atoms with Gasteiger partial charge in [-0.3, -0.25) is 0 Å². The Morgan fingerprint density at radius 3 is 2.67 bits per heavy atom. The lowest BCUT2D eigenvalue weighted by Gasteiger charge is -2.26. The molecule has 0 spiro atoms. The van der Waals surface area contributed by atoms with E-state index in [9.17, 15) is 4.55 Å². The van der Waals surface area contributed by atoms with Crippen LogP contribution in [-0.2, 0) is 11.4 Å². The Morgan fingerprint density at radius 1 is 1.38 bits per heavy atom. The van der Waals surface area contributed by atoms with E-state index >= 15 is 0 Å². The highest BCUT2D eigenvalue weighted by molar-refractivity contribution is 7.90. The highest BCUT2D eigenvalue weighted by atomic mass is 35.5. The third-order valence-corrected chi connectivity index (χ3v) is 5.70. The molecule has 2 unspecified atom stereocenters. The first-order valence-corrected chi connectivity index (χ1v) is 9.07. The molecule has 2 aromatic heterocycles. The topological polar surface area (TPSA) is 48.0 Å². The van der Waals surface area contributed by atoms with Gasteiger partial charge in [0.25, 0.3) is 0 Å². The summed E-state index contributed by atoms with van der Waals surface area (Å²) in [7, 11) is 0. The average Bonchev–Trinajstić information content (AvgIpc) is 2.90. The van der Waals surface area contributed by atoms with Crippen LogP contribution in [-0.4, -0.2) is 14.3 Å². The maximum atomic E-state index is 12.2. The Morgan fingerprint density at radius 2 is 2.10 bits per heavy atom. The Kier molecular flexibility index (Phi) is 5.33. The largest absolute Gasteiger partial charge is 0.598 e. The van der Waals surface area contributed by atoms with E-state index in [0.29, 0.717) is 5.15 Å². The number of pyridine rings is 1. The van der Waals surface area contributed by atoms with Gasteiger partial charge in [0, 0.05) is 11.4 Å². The number of halogens is 1. The van der Waals surface area contributed by atoms with Crippen molar-refractivity contribution in [3.63, 3.8) is 0 Å². The van der Waals surface area contributed by atoms with Gasteiger partial charge in [-0.15, -0.1) is 16.1 Å². The number of nitrogens with zero attached hydrogens (tertiary/aromatic N) is 1. The maximum Gasteiger partial charge on any atom is 0.136 e. The summed E-state index contributed by atoms with van der Waals surface area (Å²) < 4.78 is 15.0. The third kappa shape index (κ3) is 4.44. The minimum atomic E-state index is -1.13. The van der Waals surface area contributed by atoms with Crippen molar-refractivity contribution in [3.05, 3.63) is 40.4 Å².